The highest BCUT2D eigenvalue weighted by atomic mass is 79.9. The first kappa shape index (κ1) is 17.4. The number of hydrazone groups is 1. The van der Waals surface area contributed by atoms with Gasteiger partial charge in [-0.2, -0.15) is 10.2 Å². The molecular formula is C17H15BrN4O2S. The average Bonchev–Trinajstić information content (AvgIpc) is 3.25. The lowest BCUT2D eigenvalue weighted by molar-refractivity contribution is 0.0950. The highest BCUT2D eigenvalue weighted by molar-refractivity contribution is 9.11. The molecule has 0 fully saturated rings. The van der Waals surface area contributed by atoms with E-state index in [2.05, 4.69) is 36.7 Å². The molecule has 2 N–H and O–H groups in total. The maximum absolute atomic E-state index is 12.1. The van der Waals surface area contributed by atoms with E-state index in [-0.39, 0.29) is 11.6 Å². The second kappa shape index (κ2) is 8.09. The molecule has 128 valence electrons. The standard InChI is InChI=1S/C17H15BrN4O2S/c1-2-24-12-5-3-11(4-6-12)10-19-22-17(23)14-9-13(20-21-14)15-7-8-16(18)25-15/h3-10H,2H2,1H3,(H,20,21)(H,22,23)/b19-10+. The molecule has 0 aliphatic heterocycles. The van der Waals surface area contributed by atoms with Gasteiger partial charge in [-0.25, -0.2) is 5.43 Å². The normalized spacial score (nSPS) is 11.0. The van der Waals surface area contributed by atoms with Crippen molar-refractivity contribution in [3.63, 3.8) is 0 Å². The quantitative estimate of drug-likeness (QED) is 0.467. The molecule has 0 saturated carbocycles. The summed E-state index contributed by atoms with van der Waals surface area (Å²) in [4.78, 5) is 13.1. The molecule has 0 unspecified atom stereocenters. The van der Waals surface area contributed by atoms with Gasteiger partial charge in [0.25, 0.3) is 5.91 Å². The zero-order chi connectivity index (χ0) is 17.6. The molecular weight excluding hydrogens is 404 g/mol. The highest BCUT2D eigenvalue weighted by Gasteiger charge is 2.11. The van der Waals surface area contributed by atoms with Crippen LogP contribution in [0.1, 0.15) is 23.0 Å². The van der Waals surface area contributed by atoms with E-state index in [1.54, 1.807) is 23.6 Å². The maximum atomic E-state index is 12.1. The van der Waals surface area contributed by atoms with Gasteiger partial charge in [0.1, 0.15) is 5.75 Å². The molecule has 8 heteroatoms. The lowest BCUT2D eigenvalue weighted by atomic mass is 10.2. The van der Waals surface area contributed by atoms with Gasteiger partial charge in [-0.3, -0.25) is 9.89 Å². The Hall–Kier alpha value is -2.45. The van der Waals surface area contributed by atoms with E-state index in [1.807, 2.05) is 43.3 Å². The predicted molar refractivity (Wildman–Crippen MR) is 102 cm³/mol. The second-order valence-corrected chi connectivity index (χ2v) is 7.43. The molecule has 0 aliphatic rings. The van der Waals surface area contributed by atoms with Crippen LogP contribution in [0.5, 0.6) is 5.75 Å². The number of nitrogens with one attached hydrogen (secondary N) is 2. The van der Waals surface area contributed by atoms with Gasteiger partial charge >= 0.3 is 0 Å². The number of ether oxygens (including phenoxy) is 1. The Bertz CT molecular complexity index is 886. The second-order valence-electron chi connectivity index (χ2n) is 4.97. The van der Waals surface area contributed by atoms with Crippen LogP contribution in [0.3, 0.4) is 0 Å². The van der Waals surface area contributed by atoms with Gasteiger partial charge in [-0.15, -0.1) is 11.3 Å². The van der Waals surface area contributed by atoms with E-state index >= 15 is 0 Å². The van der Waals surface area contributed by atoms with Gasteiger partial charge in [-0.05, 0) is 70.9 Å². The van der Waals surface area contributed by atoms with E-state index in [1.165, 1.54) is 0 Å². The molecule has 6 nitrogen and oxygen atoms in total. The van der Waals surface area contributed by atoms with Crippen molar-refractivity contribution in [1.29, 1.82) is 0 Å². The van der Waals surface area contributed by atoms with Crippen molar-refractivity contribution in [1.82, 2.24) is 15.6 Å². The molecule has 2 heterocycles. The molecule has 0 saturated heterocycles. The molecule has 25 heavy (non-hydrogen) atoms. The largest absolute Gasteiger partial charge is 0.494 e. The number of rotatable bonds is 6. The fraction of sp³-hybridized carbons (Fsp3) is 0.118. The Morgan fingerprint density at radius 3 is 2.84 bits per heavy atom. The molecule has 3 rings (SSSR count). The summed E-state index contributed by atoms with van der Waals surface area (Å²) >= 11 is 4.97. The Morgan fingerprint density at radius 1 is 1.36 bits per heavy atom. The number of thiophene rings is 1. The number of hydrogen-bond donors (Lipinski definition) is 2. The lowest BCUT2D eigenvalue weighted by Gasteiger charge is -2.02. The summed E-state index contributed by atoms with van der Waals surface area (Å²) < 4.78 is 6.39. The van der Waals surface area contributed by atoms with Crippen LogP contribution in [0, 0.1) is 0 Å². The van der Waals surface area contributed by atoms with Gasteiger partial charge in [0, 0.05) is 0 Å². The van der Waals surface area contributed by atoms with Gasteiger partial charge in [0.2, 0.25) is 0 Å². The number of carbonyl (C=O) groups is 1. The number of hydrogen-bond acceptors (Lipinski definition) is 5. The molecule has 1 aromatic carbocycles. The zero-order valence-corrected chi connectivity index (χ0v) is 15.7. The van der Waals surface area contributed by atoms with Crippen LogP contribution < -0.4 is 10.2 Å². The molecule has 0 atom stereocenters. The summed E-state index contributed by atoms with van der Waals surface area (Å²) in [6.45, 7) is 2.56. The molecule has 0 radical (unpaired) electrons. The Labute approximate surface area is 157 Å². The fourth-order valence-corrected chi connectivity index (χ4v) is 3.41. The van der Waals surface area contributed by atoms with Crippen molar-refractivity contribution in [3.8, 4) is 16.3 Å². The van der Waals surface area contributed by atoms with E-state index in [0.717, 1.165) is 25.7 Å². The molecule has 0 spiro atoms. The number of halogens is 1. The first-order chi connectivity index (χ1) is 12.2. The monoisotopic (exact) mass is 418 g/mol. The Balaban J connectivity index is 1.59. The fourth-order valence-electron chi connectivity index (χ4n) is 2.06. The minimum Gasteiger partial charge on any atom is -0.494 e. The lowest BCUT2D eigenvalue weighted by Crippen LogP contribution is -2.17. The number of amides is 1. The summed E-state index contributed by atoms with van der Waals surface area (Å²) in [6, 6.07) is 13.0. The molecule has 0 bridgehead atoms. The van der Waals surface area contributed by atoms with E-state index in [0.29, 0.717) is 6.61 Å². The minimum atomic E-state index is -0.375. The van der Waals surface area contributed by atoms with Crippen molar-refractivity contribution < 1.29 is 9.53 Å². The number of aromatic amines is 1. The molecule has 3 aromatic rings. The third-order valence-electron chi connectivity index (χ3n) is 3.22. The predicted octanol–water partition coefficient (Wildman–Crippen LogP) is 4.06. The summed E-state index contributed by atoms with van der Waals surface area (Å²) in [5.41, 5.74) is 4.39. The van der Waals surface area contributed by atoms with Crippen molar-refractivity contribution in [2.45, 2.75) is 6.92 Å². The van der Waals surface area contributed by atoms with Gasteiger partial charge < -0.3 is 4.74 Å². The van der Waals surface area contributed by atoms with Crippen molar-refractivity contribution in [3.05, 3.63) is 57.5 Å². The Morgan fingerprint density at radius 2 is 2.16 bits per heavy atom. The van der Waals surface area contributed by atoms with Crippen molar-refractivity contribution >= 4 is 39.4 Å². The SMILES string of the molecule is CCOc1ccc(/C=N/NC(=O)c2cc(-c3ccc(Br)s3)[nH]n2)cc1. The van der Waals surface area contributed by atoms with Gasteiger partial charge in [0.05, 0.1) is 27.2 Å². The summed E-state index contributed by atoms with van der Waals surface area (Å²) in [5, 5.41) is 10.8. The van der Waals surface area contributed by atoms with Crippen LogP contribution in [0.4, 0.5) is 0 Å². The third kappa shape index (κ3) is 4.55. The number of carbonyl (C=O) groups excluding carboxylic acids is 1. The first-order valence-electron chi connectivity index (χ1n) is 7.53. The summed E-state index contributed by atoms with van der Waals surface area (Å²) in [7, 11) is 0. The Kier molecular flexibility index (Phi) is 5.62. The van der Waals surface area contributed by atoms with Gasteiger partial charge in [0.15, 0.2) is 5.69 Å². The first-order valence-corrected chi connectivity index (χ1v) is 9.14. The summed E-state index contributed by atoms with van der Waals surface area (Å²) in [6.07, 6.45) is 1.57. The maximum Gasteiger partial charge on any atom is 0.291 e. The minimum absolute atomic E-state index is 0.281. The van der Waals surface area contributed by atoms with Crippen LogP contribution in [0.15, 0.2) is 51.4 Å². The highest BCUT2D eigenvalue weighted by Crippen LogP contribution is 2.30. The van der Waals surface area contributed by atoms with Crippen LogP contribution in [-0.4, -0.2) is 28.9 Å². The van der Waals surface area contributed by atoms with Crippen molar-refractivity contribution in [2.75, 3.05) is 6.61 Å². The zero-order valence-electron chi connectivity index (χ0n) is 13.3. The van der Waals surface area contributed by atoms with E-state index < -0.39 is 0 Å². The van der Waals surface area contributed by atoms with Crippen LogP contribution in [0.2, 0.25) is 0 Å². The van der Waals surface area contributed by atoms with Crippen LogP contribution in [-0.2, 0) is 0 Å². The average molecular weight is 419 g/mol. The van der Waals surface area contributed by atoms with Crippen LogP contribution in [0.25, 0.3) is 10.6 Å². The van der Waals surface area contributed by atoms with E-state index in [9.17, 15) is 4.79 Å². The number of aromatic nitrogens is 2. The molecule has 0 aliphatic carbocycles. The van der Waals surface area contributed by atoms with Gasteiger partial charge in [-0.1, -0.05) is 0 Å². The number of H-pyrrole nitrogens is 1. The smallest absolute Gasteiger partial charge is 0.291 e. The number of nitrogens with zero attached hydrogens (tertiary/aromatic N) is 2. The molecule has 2 aromatic heterocycles. The third-order valence-corrected chi connectivity index (χ3v) is 4.88. The van der Waals surface area contributed by atoms with Crippen LogP contribution >= 0.6 is 27.3 Å². The number of benzene rings is 1. The molecule has 1 amide bonds. The van der Waals surface area contributed by atoms with E-state index in [4.69, 9.17) is 4.74 Å². The van der Waals surface area contributed by atoms with Crippen molar-refractivity contribution in [2.24, 2.45) is 5.10 Å². The topological polar surface area (TPSA) is 79.4 Å². The summed E-state index contributed by atoms with van der Waals surface area (Å²) in [5.74, 6) is 0.424.